The van der Waals surface area contributed by atoms with Crippen molar-refractivity contribution in [2.24, 2.45) is 0 Å². The zero-order valence-corrected chi connectivity index (χ0v) is 20.0. The van der Waals surface area contributed by atoms with Crippen molar-refractivity contribution >= 4 is 33.9 Å². The molecule has 5 aromatic rings. The summed E-state index contributed by atoms with van der Waals surface area (Å²) in [6.07, 6.45) is 3.62. The van der Waals surface area contributed by atoms with Gasteiger partial charge in [0.05, 0.1) is 28.9 Å². The van der Waals surface area contributed by atoms with Crippen LogP contribution in [0.3, 0.4) is 0 Å². The summed E-state index contributed by atoms with van der Waals surface area (Å²) in [4.78, 5) is 20.8. The average Bonchev–Trinajstić information content (AvgIpc) is 3.48. The SMILES string of the molecule is Cc1cc(-c2cc(C(=O)NC(C)c3nnc4ccccn34)c3cnn(C(C)C)c3n2)c(C)s1. The van der Waals surface area contributed by atoms with Gasteiger partial charge in [0.2, 0.25) is 0 Å². The first-order valence-electron chi connectivity index (χ1n) is 10.9. The van der Waals surface area contributed by atoms with Crippen LogP contribution in [0.4, 0.5) is 0 Å². The highest BCUT2D eigenvalue weighted by atomic mass is 32.1. The molecule has 168 valence electrons. The Hall–Kier alpha value is -3.59. The minimum absolute atomic E-state index is 0.118. The van der Waals surface area contributed by atoms with Crippen LogP contribution in [0, 0.1) is 13.8 Å². The second-order valence-electron chi connectivity index (χ2n) is 8.48. The fourth-order valence-electron chi connectivity index (χ4n) is 4.10. The molecule has 5 rings (SSSR count). The molecule has 1 atom stereocenters. The predicted molar refractivity (Wildman–Crippen MR) is 130 cm³/mol. The van der Waals surface area contributed by atoms with Gasteiger partial charge in [0.1, 0.15) is 0 Å². The largest absolute Gasteiger partial charge is 0.342 e. The lowest BCUT2D eigenvalue weighted by atomic mass is 10.1. The molecule has 0 fully saturated rings. The van der Waals surface area contributed by atoms with Crippen molar-refractivity contribution in [1.82, 2.24) is 34.7 Å². The van der Waals surface area contributed by atoms with Crippen molar-refractivity contribution in [2.75, 3.05) is 0 Å². The van der Waals surface area contributed by atoms with E-state index in [0.29, 0.717) is 17.0 Å². The van der Waals surface area contributed by atoms with Crippen LogP contribution in [-0.2, 0) is 0 Å². The van der Waals surface area contributed by atoms with Gasteiger partial charge in [-0.05, 0) is 58.9 Å². The van der Waals surface area contributed by atoms with E-state index in [-0.39, 0.29) is 18.0 Å². The second kappa shape index (κ2) is 8.08. The third kappa shape index (κ3) is 3.68. The van der Waals surface area contributed by atoms with Crippen LogP contribution in [0.5, 0.6) is 0 Å². The number of thiophene rings is 1. The summed E-state index contributed by atoms with van der Waals surface area (Å²) in [6, 6.07) is 9.48. The van der Waals surface area contributed by atoms with E-state index in [0.717, 1.165) is 22.3 Å². The summed E-state index contributed by atoms with van der Waals surface area (Å²) in [5, 5.41) is 16.8. The number of aromatic nitrogens is 6. The molecule has 1 amide bonds. The Kier molecular flexibility index (Phi) is 5.20. The lowest BCUT2D eigenvalue weighted by molar-refractivity contribution is 0.0939. The Morgan fingerprint density at radius 2 is 1.94 bits per heavy atom. The maximum atomic E-state index is 13.5. The number of hydrogen-bond donors (Lipinski definition) is 1. The van der Waals surface area contributed by atoms with Gasteiger partial charge in [-0.3, -0.25) is 9.20 Å². The number of aryl methyl sites for hydroxylation is 2. The minimum atomic E-state index is -0.341. The molecule has 0 spiro atoms. The van der Waals surface area contributed by atoms with Crippen molar-refractivity contribution < 1.29 is 4.79 Å². The van der Waals surface area contributed by atoms with E-state index in [1.807, 2.05) is 46.5 Å². The average molecular weight is 460 g/mol. The summed E-state index contributed by atoms with van der Waals surface area (Å²) in [5.74, 6) is 0.475. The first-order chi connectivity index (χ1) is 15.8. The number of hydrogen-bond acceptors (Lipinski definition) is 6. The number of amides is 1. The van der Waals surface area contributed by atoms with E-state index in [9.17, 15) is 4.79 Å². The third-order valence-corrected chi connectivity index (χ3v) is 6.66. The smallest absolute Gasteiger partial charge is 0.252 e. The van der Waals surface area contributed by atoms with Crippen molar-refractivity contribution in [2.45, 2.75) is 46.7 Å². The molecule has 0 saturated carbocycles. The molecule has 1 N–H and O–H groups in total. The van der Waals surface area contributed by atoms with E-state index in [1.54, 1.807) is 17.5 Å². The van der Waals surface area contributed by atoms with Crippen LogP contribution in [0.2, 0.25) is 0 Å². The number of carbonyl (C=O) groups excluding carboxylic acids is 1. The summed E-state index contributed by atoms with van der Waals surface area (Å²) in [5.41, 5.74) is 3.81. The quantitative estimate of drug-likeness (QED) is 0.404. The van der Waals surface area contributed by atoms with Gasteiger partial charge in [0.15, 0.2) is 17.1 Å². The molecule has 0 bridgehead atoms. The molecule has 1 unspecified atom stereocenters. The maximum absolute atomic E-state index is 13.5. The Morgan fingerprint density at radius 3 is 2.67 bits per heavy atom. The van der Waals surface area contributed by atoms with Crippen molar-refractivity contribution in [3.63, 3.8) is 0 Å². The predicted octanol–water partition coefficient (Wildman–Crippen LogP) is 4.89. The molecule has 0 aliphatic rings. The molecule has 8 nitrogen and oxygen atoms in total. The highest BCUT2D eigenvalue weighted by Crippen LogP contribution is 2.32. The normalized spacial score (nSPS) is 12.7. The molecule has 0 saturated heterocycles. The van der Waals surface area contributed by atoms with Crippen LogP contribution in [0.25, 0.3) is 27.9 Å². The van der Waals surface area contributed by atoms with Gasteiger partial charge in [0.25, 0.3) is 5.91 Å². The molecule has 0 aromatic carbocycles. The number of pyridine rings is 2. The van der Waals surface area contributed by atoms with Crippen molar-refractivity contribution in [3.05, 3.63) is 63.9 Å². The van der Waals surface area contributed by atoms with Gasteiger partial charge in [0, 0.05) is 27.6 Å². The second-order valence-corrected chi connectivity index (χ2v) is 9.94. The number of nitrogens with one attached hydrogen (secondary N) is 1. The fraction of sp³-hybridized carbons (Fsp3) is 0.292. The van der Waals surface area contributed by atoms with E-state index in [4.69, 9.17) is 4.98 Å². The van der Waals surface area contributed by atoms with Gasteiger partial charge in [-0.1, -0.05) is 6.07 Å². The van der Waals surface area contributed by atoms with Gasteiger partial charge < -0.3 is 5.32 Å². The van der Waals surface area contributed by atoms with Crippen LogP contribution in [0.1, 0.15) is 58.8 Å². The Morgan fingerprint density at radius 1 is 1.12 bits per heavy atom. The Bertz CT molecular complexity index is 1490. The van der Waals surface area contributed by atoms with Crippen molar-refractivity contribution in [3.8, 4) is 11.3 Å². The standard InChI is InChI=1S/C24H25N7OS/c1-13(2)31-23-19(12-25-31)18(11-20(27-23)17-10-14(3)33-16(17)5)24(32)26-15(4)22-29-28-21-8-6-7-9-30(21)22/h6-13,15H,1-5H3,(H,26,32). The summed E-state index contributed by atoms with van der Waals surface area (Å²) in [6.45, 7) is 10.2. The first kappa shape index (κ1) is 21.3. The zero-order chi connectivity index (χ0) is 23.3. The molecule has 33 heavy (non-hydrogen) atoms. The zero-order valence-electron chi connectivity index (χ0n) is 19.2. The van der Waals surface area contributed by atoms with Crippen LogP contribution >= 0.6 is 11.3 Å². The minimum Gasteiger partial charge on any atom is -0.342 e. The molecule has 0 aliphatic heterocycles. The van der Waals surface area contributed by atoms with Crippen LogP contribution < -0.4 is 5.32 Å². The highest BCUT2D eigenvalue weighted by molar-refractivity contribution is 7.12. The van der Waals surface area contributed by atoms with Gasteiger partial charge in [-0.25, -0.2) is 9.67 Å². The summed E-state index contributed by atoms with van der Waals surface area (Å²) < 4.78 is 3.74. The van der Waals surface area contributed by atoms with Crippen LogP contribution in [0.15, 0.2) is 42.7 Å². The molecule has 5 heterocycles. The topological polar surface area (TPSA) is 90.0 Å². The highest BCUT2D eigenvalue weighted by Gasteiger charge is 2.22. The van der Waals surface area contributed by atoms with Gasteiger partial charge in [-0.15, -0.1) is 21.5 Å². The fourth-order valence-corrected chi connectivity index (χ4v) is 5.03. The number of fused-ring (bicyclic) bond motifs is 2. The third-order valence-electron chi connectivity index (χ3n) is 5.69. The summed E-state index contributed by atoms with van der Waals surface area (Å²) >= 11 is 1.73. The number of nitrogens with zero attached hydrogens (tertiary/aromatic N) is 6. The van der Waals surface area contributed by atoms with Gasteiger partial charge in [-0.2, -0.15) is 5.10 Å². The summed E-state index contributed by atoms with van der Waals surface area (Å²) in [7, 11) is 0. The number of carbonyl (C=O) groups is 1. The van der Waals surface area contributed by atoms with E-state index < -0.39 is 0 Å². The van der Waals surface area contributed by atoms with E-state index in [1.165, 1.54) is 9.75 Å². The Labute approximate surface area is 195 Å². The van der Waals surface area contributed by atoms with Crippen LogP contribution in [-0.4, -0.2) is 35.3 Å². The Balaban J connectivity index is 1.58. The lowest BCUT2D eigenvalue weighted by Gasteiger charge is -2.14. The maximum Gasteiger partial charge on any atom is 0.252 e. The molecule has 0 radical (unpaired) electrons. The molecular weight excluding hydrogens is 434 g/mol. The number of rotatable bonds is 5. The van der Waals surface area contributed by atoms with E-state index in [2.05, 4.69) is 54.4 Å². The first-order valence-corrected chi connectivity index (χ1v) is 11.7. The van der Waals surface area contributed by atoms with Gasteiger partial charge >= 0.3 is 0 Å². The molecule has 5 aromatic heterocycles. The lowest BCUT2D eigenvalue weighted by Crippen LogP contribution is -2.28. The monoisotopic (exact) mass is 459 g/mol. The molecule has 9 heteroatoms. The molecular formula is C24H25N7OS. The van der Waals surface area contributed by atoms with E-state index >= 15 is 0 Å². The molecule has 0 aliphatic carbocycles. The van der Waals surface area contributed by atoms with Crippen molar-refractivity contribution in [1.29, 1.82) is 0 Å².